The van der Waals surface area contributed by atoms with E-state index >= 15 is 0 Å². The lowest BCUT2D eigenvalue weighted by molar-refractivity contribution is -0.137. The molecule has 1 amide bonds. The van der Waals surface area contributed by atoms with Crippen molar-refractivity contribution in [3.63, 3.8) is 0 Å². The maximum Gasteiger partial charge on any atom is 0.416 e. The summed E-state index contributed by atoms with van der Waals surface area (Å²) in [6.07, 6.45) is -1.95. The van der Waals surface area contributed by atoms with Gasteiger partial charge in [0.05, 0.1) is 5.56 Å². The van der Waals surface area contributed by atoms with E-state index in [1.807, 2.05) is 13.8 Å². The number of halogens is 3. The molecule has 1 fully saturated rings. The zero-order valence-electron chi connectivity index (χ0n) is 12.7. The first-order chi connectivity index (χ1) is 10.3. The Hall–Kier alpha value is -1.79. The molecule has 1 aliphatic rings. The van der Waals surface area contributed by atoms with Gasteiger partial charge in [-0.1, -0.05) is 0 Å². The monoisotopic (exact) mass is 315 g/mol. The topological polar surface area (TPSA) is 45.2 Å². The van der Waals surface area contributed by atoms with Crippen LogP contribution in [0.4, 0.5) is 19.0 Å². The fourth-order valence-corrected chi connectivity index (χ4v) is 2.54. The zero-order chi connectivity index (χ0) is 16.3. The van der Waals surface area contributed by atoms with Crippen molar-refractivity contribution >= 4 is 11.7 Å². The smallest absolute Gasteiger partial charge is 0.357 e. The molecular weight excluding hydrogens is 295 g/mol. The molecule has 22 heavy (non-hydrogen) atoms. The van der Waals surface area contributed by atoms with Crippen LogP contribution in [0, 0.1) is 5.92 Å². The fourth-order valence-electron chi connectivity index (χ4n) is 2.54. The standard InChI is InChI=1S/C15H20F3N3O/c1-10(2)20-14(22)11-4-7-21(8-5-11)13-9-12(3-6-19-13)15(16,17)18/h3,6,9-11H,4-5,7-8H2,1-2H3,(H,20,22). The van der Waals surface area contributed by atoms with Gasteiger partial charge in [0.15, 0.2) is 0 Å². The fraction of sp³-hybridized carbons (Fsp3) is 0.600. The number of hydrogen-bond donors (Lipinski definition) is 1. The summed E-state index contributed by atoms with van der Waals surface area (Å²) in [5, 5.41) is 2.87. The first-order valence-corrected chi connectivity index (χ1v) is 7.36. The quantitative estimate of drug-likeness (QED) is 0.933. The maximum absolute atomic E-state index is 12.7. The molecule has 0 saturated carbocycles. The summed E-state index contributed by atoms with van der Waals surface area (Å²) in [6.45, 7) is 4.87. The number of nitrogens with zero attached hydrogens (tertiary/aromatic N) is 2. The lowest BCUT2D eigenvalue weighted by Gasteiger charge is -2.32. The van der Waals surface area contributed by atoms with Crippen molar-refractivity contribution in [3.8, 4) is 0 Å². The summed E-state index contributed by atoms with van der Waals surface area (Å²) in [5.74, 6) is 0.258. The number of aromatic nitrogens is 1. The lowest BCUT2D eigenvalue weighted by Crippen LogP contribution is -2.42. The Labute approximate surface area is 127 Å². The van der Waals surface area contributed by atoms with Crippen LogP contribution in [-0.4, -0.2) is 30.0 Å². The van der Waals surface area contributed by atoms with E-state index in [4.69, 9.17) is 0 Å². The van der Waals surface area contributed by atoms with Crippen LogP contribution in [-0.2, 0) is 11.0 Å². The molecule has 0 aromatic carbocycles. The minimum Gasteiger partial charge on any atom is -0.357 e. The molecule has 1 saturated heterocycles. The summed E-state index contributed by atoms with van der Waals surface area (Å²) in [4.78, 5) is 17.8. The molecule has 0 unspecified atom stereocenters. The Morgan fingerprint density at radius 1 is 1.36 bits per heavy atom. The van der Waals surface area contributed by atoms with E-state index in [0.717, 1.165) is 12.1 Å². The molecule has 2 rings (SSSR count). The van der Waals surface area contributed by atoms with Crippen molar-refractivity contribution in [2.75, 3.05) is 18.0 Å². The van der Waals surface area contributed by atoms with Crippen LogP contribution >= 0.6 is 0 Å². The number of carbonyl (C=O) groups excluding carboxylic acids is 1. The van der Waals surface area contributed by atoms with Crippen molar-refractivity contribution < 1.29 is 18.0 Å². The van der Waals surface area contributed by atoms with Gasteiger partial charge >= 0.3 is 6.18 Å². The van der Waals surface area contributed by atoms with Gasteiger partial charge in [-0.3, -0.25) is 4.79 Å². The number of rotatable bonds is 3. The van der Waals surface area contributed by atoms with Crippen LogP contribution in [0.1, 0.15) is 32.3 Å². The van der Waals surface area contributed by atoms with Gasteiger partial charge < -0.3 is 10.2 Å². The number of hydrogen-bond acceptors (Lipinski definition) is 3. The van der Waals surface area contributed by atoms with E-state index in [1.165, 1.54) is 6.20 Å². The van der Waals surface area contributed by atoms with E-state index < -0.39 is 11.7 Å². The van der Waals surface area contributed by atoms with Crippen molar-refractivity contribution in [1.82, 2.24) is 10.3 Å². The predicted molar refractivity (Wildman–Crippen MR) is 77.5 cm³/mol. The van der Waals surface area contributed by atoms with Crippen LogP contribution in [0.5, 0.6) is 0 Å². The molecule has 0 radical (unpaired) electrons. The van der Waals surface area contributed by atoms with Gasteiger partial charge in [-0.2, -0.15) is 13.2 Å². The number of pyridine rings is 1. The van der Waals surface area contributed by atoms with Gasteiger partial charge in [0.25, 0.3) is 0 Å². The summed E-state index contributed by atoms with van der Waals surface area (Å²) in [6, 6.07) is 2.12. The third-order valence-corrected chi connectivity index (χ3v) is 3.69. The highest BCUT2D eigenvalue weighted by Gasteiger charge is 2.32. The molecule has 7 heteroatoms. The summed E-state index contributed by atoms with van der Waals surface area (Å²) >= 11 is 0. The summed E-state index contributed by atoms with van der Waals surface area (Å²) in [7, 11) is 0. The number of nitrogens with one attached hydrogen (secondary N) is 1. The van der Waals surface area contributed by atoms with Crippen molar-refractivity contribution in [3.05, 3.63) is 23.9 Å². The van der Waals surface area contributed by atoms with Crippen molar-refractivity contribution in [2.45, 2.75) is 38.9 Å². The second kappa shape index (κ2) is 6.54. The van der Waals surface area contributed by atoms with Crippen LogP contribution < -0.4 is 10.2 Å². The molecule has 0 atom stereocenters. The van der Waals surface area contributed by atoms with E-state index in [0.29, 0.717) is 31.7 Å². The third kappa shape index (κ3) is 4.11. The zero-order valence-corrected chi connectivity index (χ0v) is 12.7. The molecule has 0 bridgehead atoms. The Morgan fingerprint density at radius 3 is 2.55 bits per heavy atom. The molecule has 1 aromatic rings. The van der Waals surface area contributed by atoms with Gasteiger partial charge in [-0.05, 0) is 38.8 Å². The van der Waals surface area contributed by atoms with Crippen LogP contribution in [0.3, 0.4) is 0 Å². The maximum atomic E-state index is 12.7. The number of anilines is 1. The first kappa shape index (κ1) is 16.6. The predicted octanol–water partition coefficient (Wildman–Crippen LogP) is 2.84. The minimum absolute atomic E-state index is 0.0200. The van der Waals surface area contributed by atoms with Crippen molar-refractivity contribution in [1.29, 1.82) is 0 Å². The highest BCUT2D eigenvalue weighted by molar-refractivity contribution is 5.79. The second-order valence-corrected chi connectivity index (χ2v) is 5.83. The number of alkyl halides is 3. The van der Waals surface area contributed by atoms with Gasteiger partial charge in [0, 0.05) is 31.2 Å². The highest BCUT2D eigenvalue weighted by atomic mass is 19.4. The second-order valence-electron chi connectivity index (χ2n) is 5.83. The minimum atomic E-state index is -4.37. The van der Waals surface area contributed by atoms with Crippen LogP contribution in [0.15, 0.2) is 18.3 Å². The summed E-state index contributed by atoms with van der Waals surface area (Å²) in [5.41, 5.74) is -0.697. The first-order valence-electron chi connectivity index (χ1n) is 7.36. The molecule has 122 valence electrons. The molecule has 0 spiro atoms. The lowest BCUT2D eigenvalue weighted by atomic mass is 9.95. The van der Waals surface area contributed by atoms with Gasteiger partial charge in [0.2, 0.25) is 5.91 Å². The molecule has 0 aliphatic carbocycles. The van der Waals surface area contributed by atoms with Crippen LogP contribution in [0.25, 0.3) is 0 Å². The van der Waals surface area contributed by atoms with Gasteiger partial charge in [0.1, 0.15) is 5.82 Å². The van der Waals surface area contributed by atoms with E-state index in [2.05, 4.69) is 10.3 Å². The number of carbonyl (C=O) groups is 1. The van der Waals surface area contributed by atoms with Crippen LogP contribution in [0.2, 0.25) is 0 Å². The normalized spacial score (nSPS) is 16.9. The van der Waals surface area contributed by atoms with E-state index in [1.54, 1.807) is 4.90 Å². The number of piperidine rings is 1. The van der Waals surface area contributed by atoms with E-state index in [9.17, 15) is 18.0 Å². The molecule has 2 heterocycles. The van der Waals surface area contributed by atoms with Crippen molar-refractivity contribution in [2.24, 2.45) is 5.92 Å². The number of amides is 1. The highest BCUT2D eigenvalue weighted by Crippen LogP contribution is 2.31. The van der Waals surface area contributed by atoms with Gasteiger partial charge in [-0.25, -0.2) is 4.98 Å². The average Bonchev–Trinajstić information content (AvgIpc) is 2.46. The van der Waals surface area contributed by atoms with E-state index in [-0.39, 0.29) is 17.9 Å². The molecule has 1 aliphatic heterocycles. The Balaban J connectivity index is 1.99. The molecule has 4 nitrogen and oxygen atoms in total. The Bertz CT molecular complexity index is 523. The Kier molecular flexibility index (Phi) is 4.93. The molecule has 1 N–H and O–H groups in total. The average molecular weight is 315 g/mol. The molecular formula is C15H20F3N3O. The van der Waals surface area contributed by atoms with Gasteiger partial charge in [-0.15, -0.1) is 0 Å². The summed E-state index contributed by atoms with van der Waals surface area (Å²) < 4.78 is 38.2. The third-order valence-electron chi connectivity index (χ3n) is 3.69. The largest absolute Gasteiger partial charge is 0.416 e. The SMILES string of the molecule is CC(C)NC(=O)C1CCN(c2cc(C(F)(F)F)ccn2)CC1. The Morgan fingerprint density at radius 2 is 2.00 bits per heavy atom. The molecule has 1 aromatic heterocycles.